The Hall–Kier alpha value is -1.23. The van der Waals surface area contributed by atoms with E-state index in [0.29, 0.717) is 6.42 Å². The summed E-state index contributed by atoms with van der Waals surface area (Å²) in [6.45, 7) is 1.95. The number of nitrogens with zero attached hydrogens (tertiary/aromatic N) is 2. The van der Waals surface area contributed by atoms with Crippen LogP contribution in [0.2, 0.25) is 0 Å². The number of hydrogen-bond donors (Lipinski definition) is 1. The van der Waals surface area contributed by atoms with Gasteiger partial charge in [-0.15, -0.1) is 11.3 Å². The number of amides is 1. The van der Waals surface area contributed by atoms with E-state index in [1.807, 2.05) is 12.3 Å². The molecule has 1 aliphatic rings. The molecule has 1 N–H and O–H groups in total. The monoisotopic (exact) mass is 279 g/mol. The van der Waals surface area contributed by atoms with E-state index in [1.165, 1.54) is 32.1 Å². The minimum atomic E-state index is -0.0696. The summed E-state index contributed by atoms with van der Waals surface area (Å²) < 4.78 is 0. The molecule has 1 aromatic heterocycles. The first kappa shape index (κ1) is 14.2. The van der Waals surface area contributed by atoms with Gasteiger partial charge in [0, 0.05) is 11.1 Å². The van der Waals surface area contributed by atoms with Crippen LogP contribution in [0.25, 0.3) is 0 Å². The van der Waals surface area contributed by atoms with Crippen molar-refractivity contribution in [2.75, 3.05) is 0 Å². The number of thiazole rings is 1. The van der Waals surface area contributed by atoms with E-state index in [4.69, 9.17) is 0 Å². The zero-order valence-electron chi connectivity index (χ0n) is 11.4. The number of aromatic nitrogens is 1. The van der Waals surface area contributed by atoms with Crippen LogP contribution in [0.15, 0.2) is 10.5 Å². The van der Waals surface area contributed by atoms with E-state index in [0.717, 1.165) is 29.3 Å². The molecule has 1 aromatic rings. The predicted molar refractivity (Wildman–Crippen MR) is 78.5 cm³/mol. The molecule has 0 radical (unpaired) electrons. The molecule has 1 aliphatic carbocycles. The van der Waals surface area contributed by atoms with Crippen LogP contribution in [0.3, 0.4) is 0 Å². The SMILES string of the molecule is Cc1nc(CC(=O)NN=C2CCCCCCC2)cs1. The van der Waals surface area contributed by atoms with Crippen LogP contribution in [-0.2, 0) is 11.2 Å². The van der Waals surface area contributed by atoms with Gasteiger partial charge in [0.05, 0.1) is 17.1 Å². The van der Waals surface area contributed by atoms with Crippen molar-refractivity contribution in [3.8, 4) is 0 Å². The summed E-state index contributed by atoms with van der Waals surface area (Å²) in [4.78, 5) is 16.0. The average Bonchev–Trinajstić information content (AvgIpc) is 2.73. The number of aryl methyl sites for hydroxylation is 1. The molecule has 1 heterocycles. The first-order valence-corrected chi connectivity index (χ1v) is 7.87. The van der Waals surface area contributed by atoms with Crippen LogP contribution in [0.4, 0.5) is 0 Å². The molecule has 104 valence electrons. The lowest BCUT2D eigenvalue weighted by Crippen LogP contribution is -2.22. The molecular formula is C14H21N3OS. The van der Waals surface area contributed by atoms with E-state index in [-0.39, 0.29) is 5.91 Å². The maximum atomic E-state index is 11.8. The topological polar surface area (TPSA) is 54.4 Å². The normalized spacial score (nSPS) is 16.6. The Morgan fingerprint density at radius 3 is 2.63 bits per heavy atom. The second-order valence-electron chi connectivity index (χ2n) is 5.02. The lowest BCUT2D eigenvalue weighted by molar-refractivity contribution is -0.120. The maximum Gasteiger partial charge on any atom is 0.246 e. The van der Waals surface area contributed by atoms with Crippen molar-refractivity contribution < 1.29 is 4.79 Å². The molecule has 5 heteroatoms. The van der Waals surface area contributed by atoms with Crippen LogP contribution in [-0.4, -0.2) is 16.6 Å². The number of carbonyl (C=O) groups is 1. The van der Waals surface area contributed by atoms with Crippen molar-refractivity contribution in [2.24, 2.45) is 5.10 Å². The molecule has 0 saturated heterocycles. The third kappa shape index (κ3) is 5.11. The molecule has 4 nitrogen and oxygen atoms in total. The van der Waals surface area contributed by atoms with Crippen molar-refractivity contribution in [1.82, 2.24) is 10.4 Å². The highest BCUT2D eigenvalue weighted by molar-refractivity contribution is 7.09. The molecule has 1 fully saturated rings. The quantitative estimate of drug-likeness (QED) is 0.864. The molecular weight excluding hydrogens is 258 g/mol. The molecule has 0 aromatic carbocycles. The van der Waals surface area contributed by atoms with Crippen molar-refractivity contribution in [3.05, 3.63) is 16.1 Å². The Morgan fingerprint density at radius 2 is 2.00 bits per heavy atom. The van der Waals surface area contributed by atoms with Gasteiger partial charge < -0.3 is 0 Å². The Morgan fingerprint density at radius 1 is 1.32 bits per heavy atom. The Bertz CT molecular complexity index is 443. The van der Waals surface area contributed by atoms with Crippen LogP contribution in [0.5, 0.6) is 0 Å². The second kappa shape index (κ2) is 7.38. The van der Waals surface area contributed by atoms with Gasteiger partial charge in [0.1, 0.15) is 0 Å². The summed E-state index contributed by atoms with van der Waals surface area (Å²) >= 11 is 1.57. The molecule has 0 bridgehead atoms. The van der Waals surface area contributed by atoms with Gasteiger partial charge in [-0.2, -0.15) is 5.10 Å². The molecule has 0 spiro atoms. The summed E-state index contributed by atoms with van der Waals surface area (Å²) in [5.74, 6) is -0.0696. The fourth-order valence-corrected chi connectivity index (χ4v) is 2.87. The highest BCUT2D eigenvalue weighted by Crippen LogP contribution is 2.14. The van der Waals surface area contributed by atoms with E-state index < -0.39 is 0 Å². The van der Waals surface area contributed by atoms with Crippen LogP contribution >= 0.6 is 11.3 Å². The number of hydrazone groups is 1. The van der Waals surface area contributed by atoms with Gasteiger partial charge in [-0.05, 0) is 32.6 Å². The number of nitrogens with one attached hydrogen (secondary N) is 1. The van der Waals surface area contributed by atoms with Crippen molar-refractivity contribution in [2.45, 2.75) is 58.3 Å². The summed E-state index contributed by atoms with van der Waals surface area (Å²) in [6, 6.07) is 0. The average molecular weight is 279 g/mol. The van der Waals surface area contributed by atoms with Gasteiger partial charge in [-0.25, -0.2) is 10.4 Å². The molecule has 1 amide bonds. The van der Waals surface area contributed by atoms with E-state index >= 15 is 0 Å². The second-order valence-corrected chi connectivity index (χ2v) is 6.08. The standard InChI is InChI=1S/C14H21N3OS/c1-11-15-13(10-19-11)9-14(18)17-16-12-7-5-3-2-4-6-8-12/h10H,2-9H2,1H3,(H,17,18). The van der Waals surface area contributed by atoms with Crippen LogP contribution in [0, 0.1) is 6.92 Å². The summed E-state index contributed by atoms with van der Waals surface area (Å²) in [5.41, 5.74) is 4.64. The molecule has 0 aliphatic heterocycles. The minimum Gasteiger partial charge on any atom is -0.273 e. The molecule has 0 atom stereocenters. The smallest absolute Gasteiger partial charge is 0.246 e. The summed E-state index contributed by atoms with van der Waals surface area (Å²) in [6.07, 6.45) is 8.66. The number of hydrogen-bond acceptors (Lipinski definition) is 4. The van der Waals surface area contributed by atoms with Crippen molar-refractivity contribution >= 4 is 23.0 Å². The molecule has 0 unspecified atom stereocenters. The van der Waals surface area contributed by atoms with Crippen molar-refractivity contribution in [3.63, 3.8) is 0 Å². The van der Waals surface area contributed by atoms with E-state index in [2.05, 4.69) is 15.5 Å². The summed E-state index contributed by atoms with van der Waals surface area (Å²) in [5, 5.41) is 7.20. The fourth-order valence-electron chi connectivity index (χ4n) is 2.26. The predicted octanol–water partition coefficient (Wildman–Crippen LogP) is 3.21. The van der Waals surface area contributed by atoms with Gasteiger partial charge in [0.25, 0.3) is 0 Å². The van der Waals surface area contributed by atoms with Gasteiger partial charge in [-0.1, -0.05) is 19.3 Å². The van der Waals surface area contributed by atoms with Gasteiger partial charge >= 0.3 is 0 Å². The highest BCUT2D eigenvalue weighted by atomic mass is 32.1. The zero-order valence-corrected chi connectivity index (χ0v) is 12.3. The highest BCUT2D eigenvalue weighted by Gasteiger charge is 2.08. The Balaban J connectivity index is 1.80. The Labute approximate surface area is 118 Å². The van der Waals surface area contributed by atoms with Gasteiger partial charge in [-0.3, -0.25) is 4.79 Å². The van der Waals surface area contributed by atoms with Crippen LogP contribution < -0.4 is 5.43 Å². The first-order chi connectivity index (χ1) is 9.24. The lowest BCUT2D eigenvalue weighted by atomic mass is 9.99. The van der Waals surface area contributed by atoms with Gasteiger partial charge in [0.2, 0.25) is 5.91 Å². The maximum absolute atomic E-state index is 11.8. The summed E-state index contributed by atoms with van der Waals surface area (Å²) in [7, 11) is 0. The van der Waals surface area contributed by atoms with E-state index in [1.54, 1.807) is 11.3 Å². The number of rotatable bonds is 3. The fraction of sp³-hybridized carbons (Fsp3) is 0.643. The third-order valence-electron chi connectivity index (χ3n) is 3.28. The molecule has 2 rings (SSSR count). The lowest BCUT2D eigenvalue weighted by Gasteiger charge is -2.10. The largest absolute Gasteiger partial charge is 0.273 e. The zero-order chi connectivity index (χ0) is 13.5. The first-order valence-electron chi connectivity index (χ1n) is 6.99. The van der Waals surface area contributed by atoms with Crippen molar-refractivity contribution in [1.29, 1.82) is 0 Å². The minimum absolute atomic E-state index is 0.0696. The third-order valence-corrected chi connectivity index (χ3v) is 4.10. The Kier molecular flexibility index (Phi) is 5.51. The number of carbonyl (C=O) groups excluding carboxylic acids is 1. The molecule has 19 heavy (non-hydrogen) atoms. The molecule has 1 saturated carbocycles. The van der Waals surface area contributed by atoms with Gasteiger partial charge in [0.15, 0.2) is 0 Å². The van der Waals surface area contributed by atoms with E-state index in [9.17, 15) is 4.79 Å². The van der Waals surface area contributed by atoms with Crippen LogP contribution in [0.1, 0.15) is 55.6 Å².